The van der Waals surface area contributed by atoms with Crippen molar-refractivity contribution in [2.24, 2.45) is 0 Å². The molecule has 1 heterocycles. The number of carboxylic acid groups (broad SMARTS) is 1. The van der Waals surface area contributed by atoms with Crippen LogP contribution in [-0.4, -0.2) is 28.0 Å². The third kappa shape index (κ3) is 3.25. The molecule has 0 atom stereocenters. The van der Waals surface area contributed by atoms with E-state index >= 15 is 0 Å². The summed E-state index contributed by atoms with van der Waals surface area (Å²) in [6.07, 6.45) is 3.40. The number of amides is 1. The molecule has 0 saturated heterocycles. The Labute approximate surface area is 131 Å². The molecule has 0 radical (unpaired) electrons. The second kappa shape index (κ2) is 5.76. The molecule has 1 saturated carbocycles. The van der Waals surface area contributed by atoms with E-state index in [1.807, 2.05) is 13.0 Å². The largest absolute Gasteiger partial charge is 0.477 e. The summed E-state index contributed by atoms with van der Waals surface area (Å²) in [5.41, 5.74) is 2.28. The first-order chi connectivity index (χ1) is 10.5. The van der Waals surface area contributed by atoms with Gasteiger partial charge >= 0.3 is 5.97 Å². The van der Waals surface area contributed by atoms with Gasteiger partial charge in [0.05, 0.1) is 6.20 Å². The molecule has 1 aromatic heterocycles. The number of benzene rings is 1. The van der Waals surface area contributed by atoms with Crippen molar-refractivity contribution in [3.8, 4) is 0 Å². The molecule has 3 rings (SSSR count). The fourth-order valence-corrected chi connectivity index (χ4v) is 2.61. The van der Waals surface area contributed by atoms with Gasteiger partial charge in [0.25, 0.3) is 5.91 Å². The van der Waals surface area contributed by atoms with Crippen LogP contribution in [-0.2, 0) is 0 Å². The smallest absolute Gasteiger partial charge is 0.347 e. The predicted octanol–water partition coefficient (Wildman–Crippen LogP) is 2.79. The summed E-state index contributed by atoms with van der Waals surface area (Å²) in [6.45, 7) is 1.91. The maximum Gasteiger partial charge on any atom is 0.347 e. The van der Waals surface area contributed by atoms with Crippen LogP contribution in [0.4, 0.5) is 10.8 Å². The Morgan fingerprint density at radius 3 is 2.77 bits per heavy atom. The van der Waals surface area contributed by atoms with Crippen LogP contribution in [0, 0.1) is 6.92 Å². The number of anilines is 2. The van der Waals surface area contributed by atoms with E-state index in [0.717, 1.165) is 35.4 Å². The summed E-state index contributed by atoms with van der Waals surface area (Å²) in [5.74, 6) is -1.09. The van der Waals surface area contributed by atoms with Crippen LogP contribution in [0.5, 0.6) is 0 Å². The van der Waals surface area contributed by atoms with Gasteiger partial charge in [-0.25, -0.2) is 9.78 Å². The van der Waals surface area contributed by atoms with Crippen LogP contribution in [0.2, 0.25) is 0 Å². The lowest BCUT2D eigenvalue weighted by atomic mass is 10.1. The van der Waals surface area contributed by atoms with Gasteiger partial charge in [-0.15, -0.1) is 0 Å². The molecule has 0 spiro atoms. The number of carbonyl (C=O) groups excluding carboxylic acids is 1. The molecule has 1 aromatic carbocycles. The fourth-order valence-electron chi connectivity index (χ4n) is 1.94. The molecule has 1 aliphatic carbocycles. The summed E-state index contributed by atoms with van der Waals surface area (Å²) in [6, 6.07) is 5.70. The number of nitrogens with one attached hydrogen (secondary N) is 2. The Kier molecular flexibility index (Phi) is 3.81. The molecule has 22 heavy (non-hydrogen) atoms. The van der Waals surface area contributed by atoms with E-state index in [4.69, 9.17) is 5.11 Å². The topological polar surface area (TPSA) is 91.3 Å². The summed E-state index contributed by atoms with van der Waals surface area (Å²) in [7, 11) is 0. The van der Waals surface area contributed by atoms with Crippen molar-refractivity contribution in [2.45, 2.75) is 25.8 Å². The average molecular weight is 317 g/mol. The lowest BCUT2D eigenvalue weighted by molar-refractivity contribution is 0.0701. The minimum atomic E-state index is -1.00. The van der Waals surface area contributed by atoms with Crippen LogP contribution >= 0.6 is 11.3 Å². The molecular formula is C15H15N3O3S. The maximum atomic E-state index is 12.1. The summed E-state index contributed by atoms with van der Waals surface area (Å²) < 4.78 is 0. The highest BCUT2D eigenvalue weighted by atomic mass is 32.1. The quantitative estimate of drug-likeness (QED) is 0.789. The Bertz CT molecular complexity index is 737. The highest BCUT2D eigenvalue weighted by Gasteiger charge is 2.24. The Hall–Kier alpha value is -2.41. The van der Waals surface area contributed by atoms with Crippen molar-refractivity contribution < 1.29 is 14.7 Å². The molecule has 114 valence electrons. The number of carbonyl (C=O) groups is 2. The normalized spacial score (nSPS) is 13.7. The highest BCUT2D eigenvalue weighted by molar-refractivity contribution is 7.17. The zero-order chi connectivity index (χ0) is 15.7. The van der Waals surface area contributed by atoms with Gasteiger partial charge in [0.1, 0.15) is 4.88 Å². The molecule has 1 aliphatic rings. The minimum Gasteiger partial charge on any atom is -0.477 e. The first-order valence-electron chi connectivity index (χ1n) is 6.90. The number of thiazole rings is 1. The van der Waals surface area contributed by atoms with Gasteiger partial charge in [-0.05, 0) is 37.5 Å². The standard InChI is InChI=1S/C15H15N3O3S/c1-8-2-3-9(13(19)17-10-4-5-10)6-11(8)18-15-16-7-12(22-15)14(20)21/h2-3,6-7,10H,4-5H2,1H3,(H,16,18)(H,17,19)(H,20,21). The average Bonchev–Trinajstić information content (AvgIpc) is 3.16. The van der Waals surface area contributed by atoms with Gasteiger partial charge in [0.2, 0.25) is 0 Å². The zero-order valence-corrected chi connectivity index (χ0v) is 12.7. The molecule has 0 bridgehead atoms. The van der Waals surface area contributed by atoms with E-state index in [1.165, 1.54) is 6.20 Å². The number of hydrogen-bond acceptors (Lipinski definition) is 5. The SMILES string of the molecule is Cc1ccc(C(=O)NC2CC2)cc1Nc1ncc(C(=O)O)s1. The molecule has 1 amide bonds. The molecule has 1 fully saturated rings. The first kappa shape index (κ1) is 14.5. The summed E-state index contributed by atoms with van der Waals surface area (Å²) in [4.78, 5) is 27.2. The van der Waals surface area contributed by atoms with Gasteiger partial charge in [-0.3, -0.25) is 4.79 Å². The molecule has 0 unspecified atom stereocenters. The van der Waals surface area contributed by atoms with E-state index < -0.39 is 5.97 Å². The molecule has 2 aromatic rings. The molecule has 3 N–H and O–H groups in total. The van der Waals surface area contributed by atoms with Crippen molar-refractivity contribution in [2.75, 3.05) is 5.32 Å². The van der Waals surface area contributed by atoms with Crippen LogP contribution in [0.3, 0.4) is 0 Å². The fraction of sp³-hybridized carbons (Fsp3) is 0.267. The third-order valence-corrected chi connectivity index (χ3v) is 4.27. The number of hydrogen-bond donors (Lipinski definition) is 3. The van der Waals surface area contributed by atoms with Crippen LogP contribution in [0.15, 0.2) is 24.4 Å². The monoisotopic (exact) mass is 317 g/mol. The Morgan fingerprint density at radius 2 is 2.14 bits per heavy atom. The van der Waals surface area contributed by atoms with Gasteiger partial charge in [0, 0.05) is 17.3 Å². The number of aromatic carboxylic acids is 1. The molecule has 0 aliphatic heterocycles. The van der Waals surface area contributed by atoms with Gasteiger partial charge in [-0.1, -0.05) is 17.4 Å². The predicted molar refractivity (Wildman–Crippen MR) is 84.0 cm³/mol. The van der Waals surface area contributed by atoms with E-state index in [-0.39, 0.29) is 10.8 Å². The van der Waals surface area contributed by atoms with Crippen molar-refractivity contribution in [1.82, 2.24) is 10.3 Å². The van der Waals surface area contributed by atoms with Gasteiger partial charge < -0.3 is 15.7 Å². The van der Waals surface area contributed by atoms with Crippen molar-refractivity contribution in [3.05, 3.63) is 40.4 Å². The second-order valence-electron chi connectivity index (χ2n) is 5.24. The van der Waals surface area contributed by atoms with Crippen LogP contribution in [0.1, 0.15) is 38.4 Å². The van der Waals surface area contributed by atoms with E-state index in [0.29, 0.717) is 16.7 Å². The van der Waals surface area contributed by atoms with Crippen molar-refractivity contribution in [1.29, 1.82) is 0 Å². The lowest BCUT2D eigenvalue weighted by Gasteiger charge is -2.10. The van der Waals surface area contributed by atoms with Crippen molar-refractivity contribution >= 4 is 34.0 Å². The number of rotatable bonds is 5. The molecular weight excluding hydrogens is 302 g/mol. The van der Waals surface area contributed by atoms with E-state index in [1.54, 1.807) is 12.1 Å². The second-order valence-corrected chi connectivity index (χ2v) is 6.27. The number of aryl methyl sites for hydroxylation is 1. The minimum absolute atomic E-state index is 0.0871. The number of carboxylic acids is 1. The summed E-state index contributed by atoms with van der Waals surface area (Å²) in [5, 5.41) is 15.4. The third-order valence-electron chi connectivity index (χ3n) is 3.37. The highest BCUT2D eigenvalue weighted by Crippen LogP contribution is 2.26. The zero-order valence-electron chi connectivity index (χ0n) is 11.9. The van der Waals surface area contributed by atoms with Crippen LogP contribution in [0.25, 0.3) is 0 Å². The molecule has 6 nitrogen and oxygen atoms in total. The van der Waals surface area contributed by atoms with Gasteiger partial charge in [-0.2, -0.15) is 0 Å². The first-order valence-corrected chi connectivity index (χ1v) is 7.72. The number of aromatic nitrogens is 1. The van der Waals surface area contributed by atoms with Crippen LogP contribution < -0.4 is 10.6 Å². The molecule has 7 heteroatoms. The summed E-state index contributed by atoms with van der Waals surface area (Å²) >= 11 is 1.06. The number of nitrogens with zero attached hydrogens (tertiary/aromatic N) is 1. The van der Waals surface area contributed by atoms with Crippen molar-refractivity contribution in [3.63, 3.8) is 0 Å². The Morgan fingerprint density at radius 1 is 1.36 bits per heavy atom. The van der Waals surface area contributed by atoms with E-state index in [9.17, 15) is 9.59 Å². The van der Waals surface area contributed by atoms with Gasteiger partial charge in [0.15, 0.2) is 5.13 Å². The lowest BCUT2D eigenvalue weighted by Crippen LogP contribution is -2.25. The Balaban J connectivity index is 1.79. The maximum absolute atomic E-state index is 12.1. The van der Waals surface area contributed by atoms with E-state index in [2.05, 4.69) is 15.6 Å².